The van der Waals surface area contributed by atoms with E-state index in [-0.39, 0.29) is 11.4 Å². The molecule has 1 N–H and O–H groups in total. The number of nitrogens with zero attached hydrogens (tertiary/aromatic N) is 3. The number of anilines is 1. The van der Waals surface area contributed by atoms with Crippen molar-refractivity contribution < 1.29 is 22.0 Å². The van der Waals surface area contributed by atoms with Crippen LogP contribution in [0.3, 0.4) is 0 Å². The van der Waals surface area contributed by atoms with E-state index in [0.29, 0.717) is 17.6 Å². The van der Waals surface area contributed by atoms with Gasteiger partial charge in [-0.15, -0.1) is 10.2 Å². The Morgan fingerprint density at radius 3 is 2.67 bits per heavy atom. The maximum Gasteiger partial charge on any atom is 0.341 e. The topological polar surface area (TPSA) is 94.0 Å². The Hall–Kier alpha value is -2.01. The van der Waals surface area contributed by atoms with Gasteiger partial charge in [-0.3, -0.25) is 4.79 Å². The molecular weight excluding hydrogens is 398 g/mol. The van der Waals surface area contributed by atoms with Crippen LogP contribution in [0.5, 0.6) is 0 Å². The molecule has 1 amide bonds. The van der Waals surface area contributed by atoms with Crippen LogP contribution >= 0.6 is 11.8 Å². The van der Waals surface area contributed by atoms with Gasteiger partial charge in [0.05, 0.1) is 16.3 Å². The lowest BCUT2D eigenvalue weighted by atomic mass is 10.3. The average molecular weight is 416 g/mol. The van der Waals surface area contributed by atoms with Crippen molar-refractivity contribution in [3.63, 3.8) is 0 Å². The van der Waals surface area contributed by atoms with Crippen LogP contribution in [-0.2, 0) is 21.2 Å². The predicted octanol–water partition coefficient (Wildman–Crippen LogP) is 2.90. The van der Waals surface area contributed by atoms with E-state index in [4.69, 9.17) is 0 Å². The molecule has 0 unspecified atom stereocenters. The molecule has 0 spiro atoms. The number of rotatable bonds is 8. The molecule has 1 saturated carbocycles. The largest absolute Gasteiger partial charge is 0.341 e. The molecule has 2 aromatic rings. The van der Waals surface area contributed by atoms with E-state index >= 15 is 0 Å². The number of carbonyl (C=O) groups excluding carboxylic acids is 1. The Bertz CT molecular complexity index is 943. The predicted molar refractivity (Wildman–Crippen MR) is 96.7 cm³/mol. The lowest BCUT2D eigenvalue weighted by molar-refractivity contribution is -0.113. The number of alkyl halides is 2. The van der Waals surface area contributed by atoms with Crippen molar-refractivity contribution in [2.75, 3.05) is 11.1 Å². The first-order chi connectivity index (χ1) is 12.8. The zero-order chi connectivity index (χ0) is 19.6. The van der Waals surface area contributed by atoms with Gasteiger partial charge in [-0.05, 0) is 31.9 Å². The fourth-order valence-electron chi connectivity index (χ4n) is 2.58. The minimum atomic E-state index is -4.81. The highest BCUT2D eigenvalue weighted by atomic mass is 32.2. The van der Waals surface area contributed by atoms with Crippen LogP contribution in [-0.4, -0.2) is 40.6 Å². The third-order valence-corrected chi connectivity index (χ3v) is 6.44. The minimum Gasteiger partial charge on any atom is -0.324 e. The normalized spacial score (nSPS) is 14.5. The molecule has 0 aliphatic heterocycles. The molecule has 27 heavy (non-hydrogen) atoms. The van der Waals surface area contributed by atoms with Gasteiger partial charge in [-0.2, -0.15) is 8.78 Å². The van der Waals surface area contributed by atoms with Gasteiger partial charge in [-0.1, -0.05) is 23.9 Å². The zero-order valence-corrected chi connectivity index (χ0v) is 16.1. The van der Waals surface area contributed by atoms with Gasteiger partial charge in [0.2, 0.25) is 15.7 Å². The summed E-state index contributed by atoms with van der Waals surface area (Å²) in [4.78, 5) is 11.6. The van der Waals surface area contributed by atoms with Gasteiger partial charge in [0.25, 0.3) is 0 Å². The van der Waals surface area contributed by atoms with Gasteiger partial charge >= 0.3 is 5.76 Å². The average Bonchev–Trinajstić information content (AvgIpc) is 3.40. The minimum absolute atomic E-state index is 0.0497. The smallest absolute Gasteiger partial charge is 0.324 e. The molecule has 1 aliphatic carbocycles. The summed E-state index contributed by atoms with van der Waals surface area (Å²) in [6.07, 6.45) is 2.16. The van der Waals surface area contributed by atoms with Crippen LogP contribution in [0.15, 0.2) is 34.3 Å². The van der Waals surface area contributed by atoms with E-state index in [1.54, 1.807) is 0 Å². The molecule has 3 rings (SSSR count). The van der Waals surface area contributed by atoms with Crippen LogP contribution in [0.2, 0.25) is 0 Å². The maximum atomic E-state index is 12.8. The van der Waals surface area contributed by atoms with E-state index < -0.39 is 26.4 Å². The summed E-state index contributed by atoms with van der Waals surface area (Å²) in [5, 5.41) is 11.3. The molecule has 1 fully saturated rings. The summed E-state index contributed by atoms with van der Waals surface area (Å²) in [5.41, 5.74) is -0.168. The van der Waals surface area contributed by atoms with E-state index in [2.05, 4.69) is 15.5 Å². The Kier molecular flexibility index (Phi) is 5.80. The number of amides is 1. The van der Waals surface area contributed by atoms with Gasteiger partial charge in [0, 0.05) is 12.5 Å². The summed E-state index contributed by atoms with van der Waals surface area (Å²) in [6, 6.07) is 5.10. The van der Waals surface area contributed by atoms with Crippen molar-refractivity contribution in [3.8, 4) is 0 Å². The highest BCUT2D eigenvalue weighted by Crippen LogP contribution is 2.40. The number of hydrogen-bond donors (Lipinski definition) is 1. The highest BCUT2D eigenvalue weighted by Gasteiger charge is 2.31. The van der Waals surface area contributed by atoms with Crippen LogP contribution in [0.1, 0.15) is 31.5 Å². The van der Waals surface area contributed by atoms with Crippen LogP contribution in [0.4, 0.5) is 14.5 Å². The fraction of sp³-hybridized carbons (Fsp3) is 0.438. The van der Waals surface area contributed by atoms with E-state index in [1.165, 1.54) is 18.2 Å². The van der Waals surface area contributed by atoms with E-state index in [1.807, 2.05) is 11.5 Å². The van der Waals surface area contributed by atoms with Gasteiger partial charge in [0.1, 0.15) is 5.82 Å². The van der Waals surface area contributed by atoms with Crippen molar-refractivity contribution in [3.05, 3.63) is 30.1 Å². The molecule has 1 aromatic carbocycles. The molecule has 146 valence electrons. The second kappa shape index (κ2) is 7.93. The Morgan fingerprint density at radius 1 is 1.33 bits per heavy atom. The SMILES string of the molecule is CCn1c(SCC(=O)Nc2ccccc2S(=O)(=O)C(F)F)nnc1C1CC1. The Morgan fingerprint density at radius 2 is 2.04 bits per heavy atom. The molecule has 0 saturated heterocycles. The number of hydrogen-bond acceptors (Lipinski definition) is 6. The number of nitrogens with one attached hydrogen (secondary N) is 1. The van der Waals surface area contributed by atoms with E-state index in [0.717, 1.165) is 36.5 Å². The summed E-state index contributed by atoms with van der Waals surface area (Å²) < 4.78 is 51.1. The van der Waals surface area contributed by atoms with E-state index in [9.17, 15) is 22.0 Å². The lowest BCUT2D eigenvalue weighted by Crippen LogP contribution is -2.19. The van der Waals surface area contributed by atoms with Crippen molar-refractivity contribution in [1.29, 1.82) is 0 Å². The van der Waals surface area contributed by atoms with Gasteiger partial charge in [0.15, 0.2) is 5.16 Å². The number of benzene rings is 1. The second-order valence-electron chi connectivity index (χ2n) is 6.00. The van der Waals surface area contributed by atoms with Crippen molar-refractivity contribution >= 4 is 33.2 Å². The number of thioether (sulfide) groups is 1. The molecule has 1 aromatic heterocycles. The van der Waals surface area contributed by atoms with Crippen molar-refractivity contribution in [1.82, 2.24) is 14.8 Å². The third-order valence-electron chi connectivity index (χ3n) is 4.04. The first kappa shape index (κ1) is 19.7. The molecular formula is C16H18F2N4O3S2. The summed E-state index contributed by atoms with van der Waals surface area (Å²) >= 11 is 1.16. The highest BCUT2D eigenvalue weighted by molar-refractivity contribution is 7.99. The Balaban J connectivity index is 1.69. The standard InChI is InChI=1S/C16H18F2N4O3S2/c1-2-22-14(10-7-8-10)20-21-16(22)26-9-13(23)19-11-5-3-4-6-12(11)27(24,25)15(17)18/h3-6,10,15H,2,7-9H2,1H3,(H,19,23). The summed E-state index contributed by atoms with van der Waals surface area (Å²) in [6.45, 7) is 2.64. The van der Waals surface area contributed by atoms with Crippen LogP contribution in [0, 0.1) is 0 Å². The van der Waals surface area contributed by atoms with Crippen LogP contribution in [0.25, 0.3) is 0 Å². The van der Waals surface area contributed by atoms with Crippen molar-refractivity contribution in [2.45, 2.75) is 48.0 Å². The quantitative estimate of drug-likeness (QED) is 0.665. The van der Waals surface area contributed by atoms with Gasteiger partial charge < -0.3 is 9.88 Å². The van der Waals surface area contributed by atoms with Crippen molar-refractivity contribution in [2.24, 2.45) is 0 Å². The van der Waals surface area contributed by atoms with Crippen LogP contribution < -0.4 is 5.32 Å². The Labute approximate surface area is 159 Å². The fourth-order valence-corrected chi connectivity index (χ4v) is 4.27. The molecule has 1 heterocycles. The number of para-hydroxylation sites is 1. The maximum absolute atomic E-state index is 12.8. The summed E-state index contributed by atoms with van der Waals surface area (Å²) in [7, 11) is -4.81. The molecule has 0 radical (unpaired) electrons. The number of aromatic nitrogens is 3. The third kappa shape index (κ3) is 4.29. The summed E-state index contributed by atoms with van der Waals surface area (Å²) in [5.74, 6) is -2.79. The lowest BCUT2D eigenvalue weighted by Gasteiger charge is -2.11. The van der Waals surface area contributed by atoms with Gasteiger partial charge in [-0.25, -0.2) is 8.42 Å². The molecule has 11 heteroatoms. The first-order valence-corrected chi connectivity index (χ1v) is 10.8. The molecule has 7 nitrogen and oxygen atoms in total. The first-order valence-electron chi connectivity index (χ1n) is 8.31. The number of halogens is 2. The monoisotopic (exact) mass is 416 g/mol. The molecule has 0 atom stereocenters. The molecule has 1 aliphatic rings. The number of carbonyl (C=O) groups is 1. The number of sulfone groups is 1. The molecule has 0 bridgehead atoms. The zero-order valence-electron chi connectivity index (χ0n) is 14.4. The second-order valence-corrected chi connectivity index (χ2v) is 8.83.